The van der Waals surface area contributed by atoms with Gasteiger partial charge < -0.3 is 20.5 Å². The van der Waals surface area contributed by atoms with Gasteiger partial charge in [0.05, 0.1) is 19.0 Å². The van der Waals surface area contributed by atoms with Gasteiger partial charge in [0.2, 0.25) is 0 Å². The van der Waals surface area contributed by atoms with Gasteiger partial charge in [-0.3, -0.25) is 4.79 Å². The minimum Gasteiger partial charge on any atom is -0.508 e. The number of benzene rings is 2. The van der Waals surface area contributed by atoms with Crippen LogP contribution in [-0.4, -0.2) is 23.1 Å². The summed E-state index contributed by atoms with van der Waals surface area (Å²) in [5, 5.41) is 16.6. The number of amides is 1. The molecule has 2 aromatic carbocycles. The molecule has 0 aliphatic carbocycles. The van der Waals surface area contributed by atoms with E-state index in [1.165, 1.54) is 17.5 Å². The Morgan fingerprint density at radius 1 is 1.22 bits per heavy atom. The molecule has 0 fully saturated rings. The lowest BCUT2D eigenvalue weighted by atomic mass is 10.1. The van der Waals surface area contributed by atoms with E-state index in [-0.39, 0.29) is 11.7 Å². The SMILES string of the molecule is COc1ccccc1CNc1ncc(C(=O)Nc2c(C)ccc(O)c2C)s1. The lowest BCUT2D eigenvalue weighted by Crippen LogP contribution is -2.12. The monoisotopic (exact) mass is 383 g/mol. The Balaban J connectivity index is 1.69. The molecule has 0 aliphatic rings. The van der Waals surface area contributed by atoms with E-state index in [0.717, 1.165) is 16.9 Å². The highest BCUT2D eigenvalue weighted by Crippen LogP contribution is 2.29. The molecular weight excluding hydrogens is 362 g/mol. The number of aryl methyl sites for hydroxylation is 1. The van der Waals surface area contributed by atoms with Crippen molar-refractivity contribution in [3.63, 3.8) is 0 Å². The summed E-state index contributed by atoms with van der Waals surface area (Å²) in [5.41, 5.74) is 3.16. The predicted molar refractivity (Wildman–Crippen MR) is 108 cm³/mol. The fraction of sp³-hybridized carbons (Fsp3) is 0.200. The largest absolute Gasteiger partial charge is 0.508 e. The van der Waals surface area contributed by atoms with Gasteiger partial charge in [-0.15, -0.1) is 0 Å². The minimum atomic E-state index is -0.255. The molecule has 0 saturated heterocycles. The number of aromatic hydroxyl groups is 1. The predicted octanol–water partition coefficient (Wildman–Crippen LogP) is 4.34. The Morgan fingerprint density at radius 3 is 2.78 bits per heavy atom. The normalized spacial score (nSPS) is 10.5. The first-order valence-corrected chi connectivity index (χ1v) is 9.23. The van der Waals surface area contributed by atoms with Crippen LogP contribution in [0.1, 0.15) is 26.4 Å². The van der Waals surface area contributed by atoms with E-state index in [1.807, 2.05) is 31.2 Å². The molecule has 3 N–H and O–H groups in total. The van der Waals surface area contributed by atoms with Gasteiger partial charge in [0.1, 0.15) is 16.4 Å². The molecule has 0 unspecified atom stereocenters. The summed E-state index contributed by atoms with van der Waals surface area (Å²) in [6, 6.07) is 11.1. The summed E-state index contributed by atoms with van der Waals surface area (Å²) in [6.45, 7) is 4.20. The van der Waals surface area contributed by atoms with Crippen LogP contribution >= 0.6 is 11.3 Å². The number of phenolic OH excluding ortho intramolecular Hbond substituents is 1. The van der Waals surface area contributed by atoms with Crippen LogP contribution in [0, 0.1) is 13.8 Å². The second-order valence-corrected chi connectivity index (χ2v) is 7.08. The highest BCUT2D eigenvalue weighted by atomic mass is 32.1. The highest BCUT2D eigenvalue weighted by molar-refractivity contribution is 7.17. The summed E-state index contributed by atoms with van der Waals surface area (Å²) >= 11 is 1.27. The number of hydrogen-bond acceptors (Lipinski definition) is 6. The molecule has 1 aromatic heterocycles. The zero-order chi connectivity index (χ0) is 19.4. The van der Waals surface area contributed by atoms with E-state index in [9.17, 15) is 9.90 Å². The number of nitrogens with one attached hydrogen (secondary N) is 2. The zero-order valence-corrected chi connectivity index (χ0v) is 16.2. The molecule has 1 amide bonds. The van der Waals surface area contributed by atoms with Gasteiger partial charge in [0, 0.05) is 17.7 Å². The highest BCUT2D eigenvalue weighted by Gasteiger charge is 2.15. The van der Waals surface area contributed by atoms with Crippen molar-refractivity contribution < 1.29 is 14.6 Å². The van der Waals surface area contributed by atoms with Crippen molar-refractivity contribution in [3.05, 3.63) is 64.2 Å². The van der Waals surface area contributed by atoms with E-state index in [1.54, 1.807) is 26.2 Å². The topological polar surface area (TPSA) is 83.5 Å². The number of thiazole rings is 1. The first-order chi connectivity index (χ1) is 13.0. The number of phenols is 1. The molecule has 3 rings (SSSR count). The maximum absolute atomic E-state index is 12.5. The Bertz CT molecular complexity index is 969. The van der Waals surface area contributed by atoms with Gasteiger partial charge in [0.15, 0.2) is 5.13 Å². The average Bonchev–Trinajstić information content (AvgIpc) is 3.16. The number of hydrogen-bond donors (Lipinski definition) is 3. The first kappa shape index (κ1) is 18.7. The van der Waals surface area contributed by atoms with E-state index in [0.29, 0.717) is 27.8 Å². The van der Waals surface area contributed by atoms with Crippen molar-refractivity contribution >= 4 is 28.1 Å². The van der Waals surface area contributed by atoms with Crippen LogP contribution in [0.15, 0.2) is 42.6 Å². The molecular formula is C20H21N3O3S. The number of para-hydroxylation sites is 1. The van der Waals surface area contributed by atoms with E-state index in [2.05, 4.69) is 15.6 Å². The quantitative estimate of drug-likeness (QED) is 0.590. The Morgan fingerprint density at radius 2 is 2.00 bits per heavy atom. The summed E-state index contributed by atoms with van der Waals surface area (Å²) < 4.78 is 5.33. The molecule has 140 valence electrons. The fourth-order valence-electron chi connectivity index (χ4n) is 2.68. The standard InChI is InChI=1S/C20H21N3O3S/c1-12-8-9-15(24)13(2)18(12)23-19(25)17-11-22-20(27-17)21-10-14-6-4-5-7-16(14)26-3/h4-9,11,24H,10H2,1-3H3,(H,21,22)(H,23,25). The van der Waals surface area contributed by atoms with E-state index < -0.39 is 0 Å². The second-order valence-electron chi connectivity index (χ2n) is 6.05. The van der Waals surface area contributed by atoms with Gasteiger partial charge >= 0.3 is 0 Å². The van der Waals surface area contributed by atoms with Gasteiger partial charge in [-0.25, -0.2) is 4.98 Å². The fourth-order valence-corrected chi connectivity index (χ4v) is 3.39. The molecule has 0 saturated carbocycles. The maximum atomic E-state index is 12.5. The molecule has 0 spiro atoms. The molecule has 0 bridgehead atoms. The molecule has 0 atom stereocenters. The molecule has 1 heterocycles. The third-order valence-electron chi connectivity index (χ3n) is 4.24. The summed E-state index contributed by atoms with van der Waals surface area (Å²) in [5.74, 6) is 0.698. The van der Waals surface area contributed by atoms with Gasteiger partial charge in [-0.1, -0.05) is 35.6 Å². The Labute approximate surface area is 161 Å². The Hall–Kier alpha value is -3.06. The van der Waals surface area contributed by atoms with Crippen molar-refractivity contribution in [3.8, 4) is 11.5 Å². The number of carbonyl (C=O) groups excluding carboxylic acids is 1. The maximum Gasteiger partial charge on any atom is 0.267 e. The van der Waals surface area contributed by atoms with Gasteiger partial charge in [0.25, 0.3) is 5.91 Å². The van der Waals surface area contributed by atoms with Crippen molar-refractivity contribution in [2.45, 2.75) is 20.4 Å². The summed E-state index contributed by atoms with van der Waals surface area (Å²) in [7, 11) is 1.63. The molecule has 0 radical (unpaired) electrons. The van der Waals surface area contributed by atoms with E-state index >= 15 is 0 Å². The van der Waals surface area contributed by atoms with Crippen LogP contribution in [0.3, 0.4) is 0 Å². The van der Waals surface area contributed by atoms with Crippen molar-refractivity contribution in [1.29, 1.82) is 0 Å². The third-order valence-corrected chi connectivity index (χ3v) is 5.19. The molecule has 3 aromatic rings. The number of methoxy groups -OCH3 is 1. The smallest absolute Gasteiger partial charge is 0.267 e. The van der Waals surface area contributed by atoms with E-state index in [4.69, 9.17) is 4.74 Å². The zero-order valence-electron chi connectivity index (χ0n) is 15.4. The van der Waals surface area contributed by atoms with Crippen LogP contribution in [0.5, 0.6) is 11.5 Å². The third kappa shape index (κ3) is 4.20. The lowest BCUT2D eigenvalue weighted by molar-refractivity contribution is 0.103. The number of aromatic nitrogens is 1. The van der Waals surface area contributed by atoms with Crippen molar-refractivity contribution in [2.24, 2.45) is 0 Å². The minimum absolute atomic E-state index is 0.152. The van der Waals surface area contributed by atoms with Crippen molar-refractivity contribution in [1.82, 2.24) is 4.98 Å². The number of anilines is 2. The summed E-state index contributed by atoms with van der Waals surface area (Å²) in [4.78, 5) is 17.3. The van der Waals surface area contributed by atoms with Gasteiger partial charge in [-0.05, 0) is 31.5 Å². The van der Waals surface area contributed by atoms with Crippen LogP contribution in [0.4, 0.5) is 10.8 Å². The molecule has 0 aliphatic heterocycles. The van der Waals surface area contributed by atoms with Crippen LogP contribution in [0.25, 0.3) is 0 Å². The lowest BCUT2D eigenvalue weighted by Gasteiger charge is -2.12. The van der Waals surface area contributed by atoms with Crippen LogP contribution in [0.2, 0.25) is 0 Å². The number of nitrogens with zero attached hydrogens (tertiary/aromatic N) is 1. The molecule has 27 heavy (non-hydrogen) atoms. The summed E-state index contributed by atoms with van der Waals surface area (Å²) in [6.07, 6.45) is 1.54. The Kier molecular flexibility index (Phi) is 5.61. The molecule has 7 heteroatoms. The van der Waals surface area contributed by atoms with Crippen molar-refractivity contribution in [2.75, 3.05) is 17.7 Å². The van der Waals surface area contributed by atoms with Crippen LogP contribution in [-0.2, 0) is 6.54 Å². The molecule has 6 nitrogen and oxygen atoms in total. The number of rotatable bonds is 6. The van der Waals surface area contributed by atoms with Crippen LogP contribution < -0.4 is 15.4 Å². The number of carbonyl (C=O) groups is 1. The first-order valence-electron chi connectivity index (χ1n) is 8.41. The second kappa shape index (κ2) is 8.09. The number of ether oxygens (including phenoxy) is 1. The average molecular weight is 383 g/mol. The van der Waals surface area contributed by atoms with Gasteiger partial charge in [-0.2, -0.15) is 0 Å².